The molecule has 43 heavy (non-hydrogen) atoms. The summed E-state index contributed by atoms with van der Waals surface area (Å²) < 4.78 is 22.9. The molecule has 5 rings (SSSR count). The molecule has 3 N–H and O–H groups in total. The average Bonchev–Trinajstić information content (AvgIpc) is 3.36. The maximum Gasteiger partial charge on any atom is 0.338 e. The number of carbonyl (C=O) groups is 2. The number of thiazole rings is 1. The van der Waals surface area contributed by atoms with Crippen LogP contribution in [-0.4, -0.2) is 44.9 Å². The normalized spacial score (nSPS) is 14.7. The SMILES string of the molecule is COC(=O)C1=C(N)n2c(s/c(=C/c3cccc(OC)c3)c2=O)=C(C(=O)Nc2ccc(OC)cc2)C1c1cccc(OC)c1. The molecule has 0 spiro atoms. The molecule has 3 aromatic carbocycles. The van der Waals surface area contributed by atoms with Gasteiger partial charge in [-0.1, -0.05) is 24.3 Å². The molecule has 1 amide bonds. The van der Waals surface area contributed by atoms with Crippen LogP contribution in [0.25, 0.3) is 17.5 Å². The number of hydrogen-bond donors (Lipinski definition) is 2. The smallest absolute Gasteiger partial charge is 0.338 e. The number of hydrogen-bond acceptors (Lipinski definition) is 9. The van der Waals surface area contributed by atoms with Crippen LogP contribution < -0.4 is 40.0 Å². The van der Waals surface area contributed by atoms with Crippen molar-refractivity contribution in [3.8, 4) is 17.2 Å². The zero-order valence-corrected chi connectivity index (χ0v) is 24.7. The predicted octanol–water partition coefficient (Wildman–Crippen LogP) is 2.65. The van der Waals surface area contributed by atoms with Crippen molar-refractivity contribution in [3.05, 3.63) is 109 Å². The van der Waals surface area contributed by atoms with Gasteiger partial charge in [0.1, 0.15) is 27.7 Å². The van der Waals surface area contributed by atoms with E-state index in [-0.39, 0.29) is 21.6 Å². The van der Waals surface area contributed by atoms with Crippen molar-refractivity contribution < 1.29 is 28.5 Å². The van der Waals surface area contributed by atoms with E-state index in [0.717, 1.165) is 11.3 Å². The van der Waals surface area contributed by atoms with Crippen molar-refractivity contribution in [3.63, 3.8) is 0 Å². The van der Waals surface area contributed by atoms with E-state index in [1.807, 2.05) is 6.07 Å². The van der Waals surface area contributed by atoms with Gasteiger partial charge in [0, 0.05) is 5.69 Å². The third kappa shape index (κ3) is 5.62. The summed E-state index contributed by atoms with van der Waals surface area (Å²) >= 11 is 1.10. The number of anilines is 1. The highest BCUT2D eigenvalue weighted by Gasteiger charge is 2.39. The molecule has 0 aliphatic carbocycles. The van der Waals surface area contributed by atoms with Gasteiger partial charge in [0.15, 0.2) is 0 Å². The Kier molecular flexibility index (Phi) is 8.35. The molecule has 4 aromatic rings. The third-order valence-corrected chi connectivity index (χ3v) is 8.07. The van der Waals surface area contributed by atoms with Crippen LogP contribution in [0, 0.1) is 0 Å². The molecule has 0 bridgehead atoms. The lowest BCUT2D eigenvalue weighted by Gasteiger charge is -2.27. The van der Waals surface area contributed by atoms with E-state index < -0.39 is 23.4 Å². The van der Waals surface area contributed by atoms with Crippen LogP contribution in [0.4, 0.5) is 5.69 Å². The van der Waals surface area contributed by atoms with Gasteiger partial charge in [-0.25, -0.2) is 4.79 Å². The monoisotopic (exact) mass is 599 g/mol. The van der Waals surface area contributed by atoms with Gasteiger partial charge in [-0.05, 0) is 65.7 Å². The number of nitrogens with two attached hydrogens (primary N) is 1. The van der Waals surface area contributed by atoms with Crippen molar-refractivity contribution in [2.24, 2.45) is 5.73 Å². The third-order valence-electron chi connectivity index (χ3n) is 6.96. The van der Waals surface area contributed by atoms with Gasteiger partial charge in [0.25, 0.3) is 11.5 Å². The maximum absolute atomic E-state index is 14.2. The molecule has 1 unspecified atom stereocenters. The summed E-state index contributed by atoms with van der Waals surface area (Å²) in [6.45, 7) is 0. The first-order valence-corrected chi connectivity index (χ1v) is 13.9. The second-order valence-electron chi connectivity index (χ2n) is 9.43. The molecule has 1 atom stereocenters. The number of fused-ring (bicyclic) bond motifs is 1. The number of nitrogens with one attached hydrogen (secondary N) is 1. The summed E-state index contributed by atoms with van der Waals surface area (Å²) in [5.41, 5.74) is 7.95. The van der Waals surface area contributed by atoms with Gasteiger partial charge < -0.3 is 30.0 Å². The van der Waals surface area contributed by atoms with Crippen LogP contribution in [0.2, 0.25) is 0 Å². The van der Waals surface area contributed by atoms with Crippen LogP contribution in [0.3, 0.4) is 0 Å². The Hall–Kier alpha value is -5.29. The highest BCUT2D eigenvalue weighted by atomic mass is 32.1. The molecule has 1 aliphatic heterocycles. The van der Waals surface area contributed by atoms with Crippen LogP contribution in [0.5, 0.6) is 17.2 Å². The molecular weight excluding hydrogens is 570 g/mol. The summed E-state index contributed by atoms with van der Waals surface area (Å²) in [5.74, 6) is -0.670. The van der Waals surface area contributed by atoms with Gasteiger partial charge in [0.05, 0.1) is 50.0 Å². The highest BCUT2D eigenvalue weighted by Crippen LogP contribution is 2.38. The van der Waals surface area contributed by atoms with Crippen LogP contribution in [-0.2, 0) is 14.3 Å². The first-order valence-electron chi connectivity index (χ1n) is 13.1. The standard InChI is InChI=1S/C32H29N3O7S/c1-39-21-13-11-20(12-14-21)34-29(36)27-25(19-8-6-10-23(17-19)41-3)26(32(38)42-4)28(33)35-30(37)24(43-31(27)35)16-18-7-5-9-22(15-18)40-2/h5-17,25H,33H2,1-4H3,(H,34,36)/b24-16+. The van der Waals surface area contributed by atoms with Crippen molar-refractivity contribution in [2.75, 3.05) is 33.8 Å². The van der Waals surface area contributed by atoms with E-state index in [2.05, 4.69) is 5.32 Å². The number of esters is 1. The molecule has 0 radical (unpaired) electrons. The Labute approximate surface area is 250 Å². The van der Waals surface area contributed by atoms with E-state index in [1.54, 1.807) is 87.0 Å². The van der Waals surface area contributed by atoms with Gasteiger partial charge in [-0.2, -0.15) is 0 Å². The molecule has 0 fully saturated rings. The van der Waals surface area contributed by atoms with Crippen molar-refractivity contribution >= 4 is 46.4 Å². The summed E-state index contributed by atoms with van der Waals surface area (Å²) in [4.78, 5) is 41.4. The molecule has 11 heteroatoms. The minimum absolute atomic E-state index is 0.0454. The summed E-state index contributed by atoms with van der Waals surface area (Å²) in [5, 5.41) is 2.90. The van der Waals surface area contributed by atoms with Crippen molar-refractivity contribution in [1.29, 1.82) is 0 Å². The van der Waals surface area contributed by atoms with Gasteiger partial charge in [-0.15, -0.1) is 11.3 Å². The molecule has 1 aliphatic rings. The number of rotatable bonds is 8. The average molecular weight is 600 g/mol. The zero-order chi connectivity index (χ0) is 30.7. The van der Waals surface area contributed by atoms with Gasteiger partial charge in [0.2, 0.25) is 0 Å². The second kappa shape index (κ2) is 12.3. The number of benzene rings is 3. The quantitative estimate of drug-likeness (QED) is 0.296. The molecule has 0 saturated carbocycles. The van der Waals surface area contributed by atoms with Crippen LogP contribution >= 0.6 is 11.3 Å². The molecule has 1 aromatic heterocycles. The number of amides is 1. The van der Waals surface area contributed by atoms with E-state index in [0.29, 0.717) is 38.6 Å². The Morgan fingerprint density at radius 1 is 0.860 bits per heavy atom. The topological polar surface area (TPSA) is 131 Å². The molecule has 220 valence electrons. The van der Waals surface area contributed by atoms with Gasteiger partial charge >= 0.3 is 5.97 Å². The van der Waals surface area contributed by atoms with E-state index in [4.69, 9.17) is 24.7 Å². The fraction of sp³-hybridized carbons (Fsp3) is 0.156. The number of methoxy groups -OCH3 is 4. The maximum atomic E-state index is 14.2. The van der Waals surface area contributed by atoms with E-state index >= 15 is 0 Å². The summed E-state index contributed by atoms with van der Waals surface area (Å²) in [6.07, 6.45) is 1.69. The minimum Gasteiger partial charge on any atom is -0.497 e. The predicted molar refractivity (Wildman–Crippen MR) is 165 cm³/mol. The number of nitrogens with zero attached hydrogens (tertiary/aromatic N) is 1. The number of ether oxygens (including phenoxy) is 4. The second-order valence-corrected chi connectivity index (χ2v) is 10.5. The van der Waals surface area contributed by atoms with Crippen molar-refractivity contribution in [2.45, 2.75) is 5.92 Å². The highest BCUT2D eigenvalue weighted by molar-refractivity contribution is 7.07. The summed E-state index contributed by atoms with van der Waals surface area (Å²) in [7, 11) is 5.84. The fourth-order valence-corrected chi connectivity index (χ4v) is 6.06. The molecule has 10 nitrogen and oxygen atoms in total. The minimum atomic E-state index is -0.983. The number of aromatic nitrogens is 1. The largest absolute Gasteiger partial charge is 0.497 e. The molecule has 2 heterocycles. The lowest BCUT2D eigenvalue weighted by atomic mass is 9.82. The van der Waals surface area contributed by atoms with Crippen LogP contribution in [0.15, 0.2) is 83.2 Å². The Balaban J connectivity index is 1.82. The lowest BCUT2D eigenvalue weighted by molar-refractivity contribution is -0.136. The molecule has 0 saturated heterocycles. The Bertz CT molecular complexity index is 1920. The van der Waals surface area contributed by atoms with Crippen molar-refractivity contribution in [1.82, 2.24) is 4.57 Å². The first-order chi connectivity index (χ1) is 20.8. The van der Waals surface area contributed by atoms with E-state index in [9.17, 15) is 14.4 Å². The summed E-state index contributed by atoms with van der Waals surface area (Å²) in [6, 6.07) is 21.0. The first kappa shape index (κ1) is 29.2. The number of carbonyl (C=O) groups excluding carboxylic acids is 2. The fourth-order valence-electron chi connectivity index (χ4n) is 4.89. The van der Waals surface area contributed by atoms with E-state index in [1.165, 1.54) is 18.8 Å². The Morgan fingerprint density at radius 3 is 2.16 bits per heavy atom. The lowest BCUT2D eigenvalue weighted by Crippen LogP contribution is -2.42. The zero-order valence-electron chi connectivity index (χ0n) is 23.9. The molecular formula is C32H29N3O7S. The Morgan fingerprint density at radius 2 is 1.51 bits per heavy atom. The van der Waals surface area contributed by atoms with Gasteiger partial charge in [-0.3, -0.25) is 14.2 Å². The van der Waals surface area contributed by atoms with Crippen LogP contribution in [0.1, 0.15) is 17.0 Å².